The fourth-order valence-corrected chi connectivity index (χ4v) is 2.12. The van der Waals surface area contributed by atoms with Gasteiger partial charge in [0.2, 0.25) is 0 Å². The van der Waals surface area contributed by atoms with Crippen LogP contribution in [0.15, 0.2) is 36.9 Å². The Morgan fingerprint density at radius 1 is 1.04 bits per heavy atom. The number of hydrogen-bond acceptors (Lipinski definition) is 6. The molecule has 2 N–H and O–H groups in total. The number of nitrogens with zero attached hydrogens (tertiary/aromatic N) is 4. The topological polar surface area (TPSA) is 88.1 Å². The third-order valence-corrected chi connectivity index (χ3v) is 3.17. The van der Waals surface area contributed by atoms with Gasteiger partial charge >= 0.3 is 0 Å². The summed E-state index contributed by atoms with van der Waals surface area (Å²) in [5.41, 5.74) is 7.08. The molecule has 8 heteroatoms. The standard InChI is InChI=1S/C15H17N5O2.ClH/c1-2-21-11-3-5-12(6-4-11)22-8-7-20-10-19-13-14(16)17-9-18-15(13)20;/h3-6,9-10H,2,7-8H2,1H3,(H2,16,17,18);1H. The minimum atomic E-state index is 0. The predicted octanol–water partition coefficient (Wildman–Crippen LogP) is 2.31. The Kier molecular flexibility index (Phi) is 5.59. The SMILES string of the molecule is CCOc1ccc(OCCn2cnc3c(N)ncnc32)cc1.Cl. The molecule has 23 heavy (non-hydrogen) atoms. The number of anilines is 1. The maximum atomic E-state index is 5.76. The molecule has 0 bridgehead atoms. The lowest BCUT2D eigenvalue weighted by molar-refractivity contribution is 0.298. The number of nitrogen functional groups attached to an aromatic ring is 1. The van der Waals surface area contributed by atoms with Crippen LogP contribution in [-0.4, -0.2) is 32.7 Å². The third-order valence-electron chi connectivity index (χ3n) is 3.17. The van der Waals surface area contributed by atoms with Crippen LogP contribution < -0.4 is 15.2 Å². The van der Waals surface area contributed by atoms with Crippen LogP contribution in [-0.2, 0) is 6.54 Å². The molecule has 0 aliphatic heterocycles. The minimum Gasteiger partial charge on any atom is -0.494 e. The number of nitrogens with two attached hydrogens (primary N) is 1. The summed E-state index contributed by atoms with van der Waals surface area (Å²) in [4.78, 5) is 12.3. The molecule has 2 heterocycles. The molecule has 0 atom stereocenters. The highest BCUT2D eigenvalue weighted by Crippen LogP contribution is 2.18. The molecule has 0 saturated heterocycles. The summed E-state index contributed by atoms with van der Waals surface area (Å²) < 4.78 is 13.0. The van der Waals surface area contributed by atoms with Crippen molar-refractivity contribution >= 4 is 29.4 Å². The zero-order valence-electron chi connectivity index (χ0n) is 12.7. The van der Waals surface area contributed by atoms with Gasteiger partial charge in [0.1, 0.15) is 29.9 Å². The molecular formula is C15H18ClN5O2. The lowest BCUT2D eigenvalue weighted by atomic mass is 10.3. The summed E-state index contributed by atoms with van der Waals surface area (Å²) in [6.07, 6.45) is 3.13. The highest BCUT2D eigenvalue weighted by atomic mass is 35.5. The van der Waals surface area contributed by atoms with Gasteiger partial charge in [-0.15, -0.1) is 12.4 Å². The van der Waals surface area contributed by atoms with Crippen LogP contribution in [0.1, 0.15) is 6.92 Å². The zero-order chi connectivity index (χ0) is 15.4. The van der Waals surface area contributed by atoms with Crippen molar-refractivity contribution in [2.75, 3.05) is 18.9 Å². The Morgan fingerprint density at radius 3 is 2.43 bits per heavy atom. The van der Waals surface area contributed by atoms with Crippen molar-refractivity contribution in [2.45, 2.75) is 13.5 Å². The zero-order valence-corrected chi connectivity index (χ0v) is 13.5. The van der Waals surface area contributed by atoms with E-state index >= 15 is 0 Å². The van der Waals surface area contributed by atoms with E-state index in [1.54, 1.807) is 6.33 Å². The molecule has 3 aromatic rings. The number of aromatic nitrogens is 4. The number of imidazole rings is 1. The van der Waals surface area contributed by atoms with Crippen molar-refractivity contribution < 1.29 is 9.47 Å². The molecular weight excluding hydrogens is 318 g/mol. The lowest BCUT2D eigenvalue weighted by Crippen LogP contribution is -2.08. The van der Waals surface area contributed by atoms with E-state index < -0.39 is 0 Å². The minimum absolute atomic E-state index is 0. The first-order valence-corrected chi connectivity index (χ1v) is 7.05. The molecule has 0 spiro atoms. The van der Waals surface area contributed by atoms with Crippen molar-refractivity contribution in [1.29, 1.82) is 0 Å². The van der Waals surface area contributed by atoms with E-state index in [0.29, 0.717) is 36.7 Å². The van der Waals surface area contributed by atoms with Crippen molar-refractivity contribution in [2.24, 2.45) is 0 Å². The monoisotopic (exact) mass is 335 g/mol. The molecule has 0 saturated carbocycles. The Labute approximate surface area is 139 Å². The second-order valence-corrected chi connectivity index (χ2v) is 4.62. The van der Waals surface area contributed by atoms with E-state index in [1.807, 2.05) is 35.8 Å². The second kappa shape index (κ2) is 7.64. The highest BCUT2D eigenvalue weighted by molar-refractivity contribution is 5.85. The second-order valence-electron chi connectivity index (χ2n) is 4.62. The van der Waals surface area contributed by atoms with Gasteiger partial charge in [-0.2, -0.15) is 0 Å². The van der Waals surface area contributed by atoms with Crippen molar-refractivity contribution in [3.63, 3.8) is 0 Å². The fourth-order valence-electron chi connectivity index (χ4n) is 2.12. The average Bonchev–Trinajstić information content (AvgIpc) is 2.94. The predicted molar refractivity (Wildman–Crippen MR) is 90.1 cm³/mol. The van der Waals surface area contributed by atoms with E-state index in [0.717, 1.165) is 11.5 Å². The van der Waals surface area contributed by atoms with Gasteiger partial charge in [-0.3, -0.25) is 0 Å². The maximum Gasteiger partial charge on any atom is 0.165 e. The summed E-state index contributed by atoms with van der Waals surface area (Å²) in [6.45, 7) is 3.73. The number of fused-ring (bicyclic) bond motifs is 1. The van der Waals surface area contributed by atoms with Crippen molar-refractivity contribution in [3.8, 4) is 11.5 Å². The summed E-state index contributed by atoms with van der Waals surface area (Å²) in [7, 11) is 0. The Bertz CT molecular complexity index is 760. The number of halogens is 1. The van der Waals surface area contributed by atoms with Gasteiger partial charge < -0.3 is 19.8 Å². The molecule has 0 aliphatic carbocycles. The number of hydrogen-bond donors (Lipinski definition) is 1. The third kappa shape index (κ3) is 3.81. The molecule has 3 rings (SSSR count). The first kappa shape index (κ1) is 16.8. The molecule has 0 fully saturated rings. The number of benzene rings is 1. The van der Waals surface area contributed by atoms with Gasteiger partial charge in [-0.05, 0) is 31.2 Å². The normalized spacial score (nSPS) is 10.3. The molecule has 7 nitrogen and oxygen atoms in total. The van der Waals surface area contributed by atoms with Gasteiger partial charge in [0.05, 0.1) is 19.5 Å². The van der Waals surface area contributed by atoms with Gasteiger partial charge in [0, 0.05) is 0 Å². The molecule has 2 aromatic heterocycles. The maximum absolute atomic E-state index is 5.76. The van der Waals surface area contributed by atoms with E-state index in [-0.39, 0.29) is 12.4 Å². The average molecular weight is 336 g/mol. The van der Waals surface area contributed by atoms with Crippen LogP contribution in [0.2, 0.25) is 0 Å². The summed E-state index contributed by atoms with van der Waals surface area (Å²) >= 11 is 0. The summed E-state index contributed by atoms with van der Waals surface area (Å²) in [5, 5.41) is 0. The molecule has 0 unspecified atom stereocenters. The van der Waals surface area contributed by atoms with Gasteiger partial charge in [0.25, 0.3) is 0 Å². The van der Waals surface area contributed by atoms with Gasteiger partial charge in [0.15, 0.2) is 11.5 Å². The van der Waals surface area contributed by atoms with Crippen molar-refractivity contribution in [3.05, 3.63) is 36.9 Å². The lowest BCUT2D eigenvalue weighted by Gasteiger charge is -2.08. The first-order chi connectivity index (χ1) is 10.8. The number of ether oxygens (including phenoxy) is 2. The number of rotatable bonds is 6. The van der Waals surface area contributed by atoms with E-state index in [2.05, 4.69) is 15.0 Å². The molecule has 122 valence electrons. The Hall–Kier alpha value is -2.54. The van der Waals surface area contributed by atoms with E-state index in [1.165, 1.54) is 6.33 Å². The summed E-state index contributed by atoms with van der Waals surface area (Å²) in [5.74, 6) is 2.01. The first-order valence-electron chi connectivity index (χ1n) is 7.05. The van der Waals surface area contributed by atoms with Crippen LogP contribution in [0.3, 0.4) is 0 Å². The molecule has 1 aromatic carbocycles. The van der Waals surface area contributed by atoms with Crippen LogP contribution in [0.5, 0.6) is 11.5 Å². The van der Waals surface area contributed by atoms with Gasteiger partial charge in [-0.1, -0.05) is 0 Å². The smallest absolute Gasteiger partial charge is 0.165 e. The van der Waals surface area contributed by atoms with Crippen molar-refractivity contribution in [1.82, 2.24) is 19.5 Å². The molecule has 0 amide bonds. The van der Waals surface area contributed by atoms with Crippen LogP contribution in [0.25, 0.3) is 11.2 Å². The summed E-state index contributed by atoms with van der Waals surface area (Å²) in [6, 6.07) is 7.55. The highest BCUT2D eigenvalue weighted by Gasteiger charge is 2.07. The van der Waals surface area contributed by atoms with Crippen LogP contribution in [0.4, 0.5) is 5.82 Å². The Balaban J connectivity index is 0.00000192. The van der Waals surface area contributed by atoms with E-state index in [4.69, 9.17) is 15.2 Å². The quantitative estimate of drug-likeness (QED) is 0.743. The van der Waals surface area contributed by atoms with Crippen LogP contribution in [0, 0.1) is 0 Å². The Morgan fingerprint density at radius 2 is 1.74 bits per heavy atom. The van der Waals surface area contributed by atoms with Crippen LogP contribution >= 0.6 is 12.4 Å². The fraction of sp³-hybridized carbons (Fsp3) is 0.267. The van der Waals surface area contributed by atoms with E-state index in [9.17, 15) is 0 Å². The largest absolute Gasteiger partial charge is 0.494 e. The molecule has 0 radical (unpaired) electrons. The van der Waals surface area contributed by atoms with Gasteiger partial charge in [-0.25, -0.2) is 15.0 Å². The molecule has 0 aliphatic rings.